The molecule has 0 aromatic heterocycles. The van der Waals surface area contributed by atoms with Gasteiger partial charge in [-0.1, -0.05) is 6.08 Å². The molecule has 1 aliphatic heterocycles. The number of hydrogen-bond acceptors (Lipinski definition) is 6. The van der Waals surface area contributed by atoms with E-state index in [2.05, 4.69) is 4.99 Å². The van der Waals surface area contributed by atoms with Crippen LogP contribution in [0.25, 0.3) is 0 Å². The van der Waals surface area contributed by atoms with E-state index in [-0.39, 0.29) is 13.2 Å². The molecule has 0 aromatic carbocycles. The summed E-state index contributed by atoms with van der Waals surface area (Å²) in [7, 11) is 0. The van der Waals surface area contributed by atoms with Gasteiger partial charge in [0, 0.05) is 17.7 Å². The summed E-state index contributed by atoms with van der Waals surface area (Å²) < 4.78 is 9.71. The Labute approximate surface area is 117 Å². The van der Waals surface area contributed by atoms with E-state index in [0.717, 1.165) is 23.6 Å². The van der Waals surface area contributed by atoms with Crippen LogP contribution in [-0.4, -0.2) is 42.9 Å². The van der Waals surface area contributed by atoms with Crippen LogP contribution in [0.4, 0.5) is 0 Å². The van der Waals surface area contributed by atoms with Gasteiger partial charge in [0.25, 0.3) is 0 Å². The minimum absolute atomic E-state index is 0.224. The molecule has 106 valence electrons. The maximum atomic E-state index is 11.7. The van der Waals surface area contributed by atoms with Crippen LogP contribution in [0.2, 0.25) is 0 Å². The molecule has 0 bridgehead atoms. The molecule has 0 atom stereocenters. The SMILES string of the molecule is CCOC(=O)C(C=NC1=CCSCC1)C(=O)OCC. The van der Waals surface area contributed by atoms with Crippen LogP contribution in [0.5, 0.6) is 0 Å². The molecule has 6 heteroatoms. The quantitative estimate of drug-likeness (QED) is 0.423. The Bertz CT molecular complexity index is 361. The van der Waals surface area contributed by atoms with E-state index < -0.39 is 17.9 Å². The lowest BCUT2D eigenvalue weighted by atomic mass is 10.1. The monoisotopic (exact) mass is 285 g/mol. The van der Waals surface area contributed by atoms with E-state index in [1.165, 1.54) is 6.21 Å². The summed E-state index contributed by atoms with van der Waals surface area (Å²) >= 11 is 1.83. The second-order valence-electron chi connectivity index (χ2n) is 3.78. The van der Waals surface area contributed by atoms with Crippen molar-refractivity contribution in [3.05, 3.63) is 11.8 Å². The molecular weight excluding hydrogens is 266 g/mol. The third-order valence-electron chi connectivity index (χ3n) is 2.41. The van der Waals surface area contributed by atoms with E-state index in [1.54, 1.807) is 13.8 Å². The van der Waals surface area contributed by atoms with Crippen molar-refractivity contribution >= 4 is 29.9 Å². The van der Waals surface area contributed by atoms with Gasteiger partial charge in [0.15, 0.2) is 5.92 Å². The van der Waals surface area contributed by atoms with Crippen molar-refractivity contribution < 1.29 is 19.1 Å². The molecule has 0 radical (unpaired) electrons. The van der Waals surface area contributed by atoms with Gasteiger partial charge >= 0.3 is 11.9 Å². The second kappa shape index (κ2) is 8.74. The first-order valence-electron chi connectivity index (χ1n) is 6.33. The summed E-state index contributed by atoms with van der Waals surface area (Å²) in [6.07, 6.45) is 4.18. The first-order chi connectivity index (χ1) is 9.19. The molecule has 0 aromatic rings. The summed E-state index contributed by atoms with van der Waals surface area (Å²) in [5.41, 5.74) is 0.900. The number of ether oxygens (including phenoxy) is 2. The van der Waals surface area contributed by atoms with Crippen molar-refractivity contribution in [3.63, 3.8) is 0 Å². The molecule has 1 aliphatic rings. The third-order valence-corrected chi connectivity index (χ3v) is 3.31. The minimum atomic E-state index is -1.07. The molecule has 0 amide bonds. The van der Waals surface area contributed by atoms with Crippen LogP contribution >= 0.6 is 11.8 Å². The highest BCUT2D eigenvalue weighted by Gasteiger charge is 2.27. The molecule has 0 N–H and O–H groups in total. The van der Waals surface area contributed by atoms with Crippen molar-refractivity contribution in [2.75, 3.05) is 24.7 Å². The standard InChI is InChI=1S/C13H19NO4S/c1-3-17-12(15)11(13(16)18-4-2)9-14-10-5-7-19-8-6-10/h5,9,11H,3-4,6-8H2,1-2H3. The van der Waals surface area contributed by atoms with Crippen LogP contribution in [0.15, 0.2) is 16.8 Å². The highest BCUT2D eigenvalue weighted by atomic mass is 32.2. The zero-order valence-corrected chi connectivity index (χ0v) is 12.1. The first-order valence-corrected chi connectivity index (χ1v) is 7.48. The first kappa shape index (κ1) is 15.8. The highest BCUT2D eigenvalue weighted by molar-refractivity contribution is 7.99. The fourth-order valence-electron chi connectivity index (χ4n) is 1.49. The maximum Gasteiger partial charge on any atom is 0.325 e. The number of allylic oxidation sites excluding steroid dienone is 1. The second-order valence-corrected chi connectivity index (χ2v) is 4.93. The van der Waals surface area contributed by atoms with Gasteiger partial charge in [-0.3, -0.25) is 14.6 Å². The van der Waals surface area contributed by atoms with Gasteiger partial charge in [-0.15, -0.1) is 0 Å². The van der Waals surface area contributed by atoms with Crippen LogP contribution in [0.1, 0.15) is 20.3 Å². The van der Waals surface area contributed by atoms with Crippen LogP contribution in [0.3, 0.4) is 0 Å². The van der Waals surface area contributed by atoms with Gasteiger partial charge in [-0.2, -0.15) is 11.8 Å². The Morgan fingerprint density at radius 3 is 2.47 bits per heavy atom. The number of carbonyl (C=O) groups excluding carboxylic acids is 2. The van der Waals surface area contributed by atoms with E-state index in [0.29, 0.717) is 0 Å². The topological polar surface area (TPSA) is 65.0 Å². The van der Waals surface area contributed by atoms with Crippen LogP contribution in [0, 0.1) is 5.92 Å². The lowest BCUT2D eigenvalue weighted by Crippen LogP contribution is -2.29. The summed E-state index contributed by atoms with van der Waals surface area (Å²) in [4.78, 5) is 27.6. The Morgan fingerprint density at radius 2 is 2.00 bits per heavy atom. The lowest BCUT2D eigenvalue weighted by Gasteiger charge is -2.11. The predicted molar refractivity (Wildman–Crippen MR) is 75.3 cm³/mol. The molecule has 5 nitrogen and oxygen atoms in total. The predicted octanol–water partition coefficient (Wildman–Crippen LogP) is 1.82. The largest absolute Gasteiger partial charge is 0.465 e. The number of esters is 2. The fourth-order valence-corrected chi connectivity index (χ4v) is 2.32. The van der Waals surface area contributed by atoms with Gasteiger partial charge in [0.05, 0.1) is 13.2 Å². The smallest absolute Gasteiger partial charge is 0.325 e. The Hall–Kier alpha value is -1.30. The fraction of sp³-hybridized carbons (Fsp3) is 0.615. The number of aliphatic imine (C=N–C) groups is 1. The zero-order chi connectivity index (χ0) is 14.1. The van der Waals surface area contributed by atoms with Gasteiger partial charge in [-0.05, 0) is 26.0 Å². The van der Waals surface area contributed by atoms with Gasteiger partial charge in [-0.25, -0.2) is 0 Å². The minimum Gasteiger partial charge on any atom is -0.465 e. The van der Waals surface area contributed by atoms with Gasteiger partial charge in [0.2, 0.25) is 0 Å². The molecule has 1 heterocycles. The van der Waals surface area contributed by atoms with Crippen LogP contribution in [-0.2, 0) is 19.1 Å². The van der Waals surface area contributed by atoms with Crippen LogP contribution < -0.4 is 0 Å². The van der Waals surface area contributed by atoms with Crippen molar-refractivity contribution in [2.45, 2.75) is 20.3 Å². The molecule has 0 unspecified atom stereocenters. The Kier molecular flexibility index (Phi) is 7.25. The van der Waals surface area contributed by atoms with E-state index in [9.17, 15) is 9.59 Å². The Morgan fingerprint density at radius 1 is 1.37 bits per heavy atom. The van der Waals surface area contributed by atoms with Gasteiger partial charge < -0.3 is 9.47 Å². The highest BCUT2D eigenvalue weighted by Crippen LogP contribution is 2.17. The molecule has 0 saturated heterocycles. The summed E-state index contributed by atoms with van der Waals surface area (Å²) in [5, 5.41) is 0. The summed E-state index contributed by atoms with van der Waals surface area (Å²) in [6, 6.07) is 0. The average molecular weight is 285 g/mol. The van der Waals surface area contributed by atoms with Gasteiger partial charge in [0.1, 0.15) is 0 Å². The number of rotatable bonds is 6. The molecule has 0 saturated carbocycles. The molecule has 19 heavy (non-hydrogen) atoms. The van der Waals surface area contributed by atoms with E-state index >= 15 is 0 Å². The average Bonchev–Trinajstić information content (AvgIpc) is 2.41. The normalized spacial score (nSPS) is 15.4. The Balaban J connectivity index is 2.72. The number of carbonyl (C=O) groups is 2. The third kappa shape index (κ3) is 5.46. The van der Waals surface area contributed by atoms with Crippen molar-refractivity contribution in [1.29, 1.82) is 0 Å². The summed E-state index contributed by atoms with van der Waals surface area (Å²) in [5.74, 6) is -0.385. The van der Waals surface area contributed by atoms with E-state index in [1.807, 2.05) is 17.8 Å². The van der Waals surface area contributed by atoms with Crippen molar-refractivity contribution in [1.82, 2.24) is 0 Å². The molecular formula is C13H19NO4S. The van der Waals surface area contributed by atoms with Crippen molar-refractivity contribution in [3.8, 4) is 0 Å². The zero-order valence-electron chi connectivity index (χ0n) is 11.3. The van der Waals surface area contributed by atoms with Crippen molar-refractivity contribution in [2.24, 2.45) is 10.9 Å². The lowest BCUT2D eigenvalue weighted by molar-refractivity contribution is -0.157. The molecule has 1 rings (SSSR count). The number of nitrogens with zero attached hydrogens (tertiary/aromatic N) is 1. The maximum absolute atomic E-state index is 11.7. The molecule has 0 fully saturated rings. The summed E-state index contributed by atoms with van der Waals surface area (Å²) in [6.45, 7) is 3.83. The number of hydrogen-bond donors (Lipinski definition) is 0. The van der Waals surface area contributed by atoms with E-state index in [4.69, 9.17) is 9.47 Å². The molecule has 0 spiro atoms. The number of thioether (sulfide) groups is 1. The molecule has 0 aliphatic carbocycles.